The standard InChI is InChI=1S/C16H21N3O/c1-3-16(7-9-17-10-8-16)15-18-14(19-20-15)13-6-4-5-12(2)11-13/h4-6,11,17H,3,7-10H2,1-2H3. The van der Waals surface area contributed by atoms with Crippen molar-refractivity contribution in [1.29, 1.82) is 0 Å². The smallest absolute Gasteiger partial charge is 0.233 e. The molecule has 1 saturated heterocycles. The fourth-order valence-corrected chi connectivity index (χ4v) is 2.96. The van der Waals surface area contributed by atoms with Gasteiger partial charge in [0.2, 0.25) is 11.7 Å². The first-order valence-corrected chi connectivity index (χ1v) is 7.35. The molecule has 3 rings (SSSR count). The van der Waals surface area contributed by atoms with Gasteiger partial charge >= 0.3 is 0 Å². The fourth-order valence-electron chi connectivity index (χ4n) is 2.96. The summed E-state index contributed by atoms with van der Waals surface area (Å²) in [5, 5.41) is 7.59. The van der Waals surface area contributed by atoms with E-state index in [1.165, 1.54) is 5.56 Å². The predicted molar refractivity (Wildman–Crippen MR) is 78.5 cm³/mol. The van der Waals surface area contributed by atoms with Gasteiger partial charge in [0, 0.05) is 5.56 Å². The van der Waals surface area contributed by atoms with E-state index in [-0.39, 0.29) is 5.41 Å². The maximum absolute atomic E-state index is 5.60. The van der Waals surface area contributed by atoms with E-state index < -0.39 is 0 Å². The summed E-state index contributed by atoms with van der Waals surface area (Å²) in [6, 6.07) is 8.23. The van der Waals surface area contributed by atoms with Crippen LogP contribution in [0.5, 0.6) is 0 Å². The molecule has 1 N–H and O–H groups in total. The molecule has 106 valence electrons. The maximum atomic E-state index is 5.60. The van der Waals surface area contributed by atoms with Gasteiger partial charge in [-0.1, -0.05) is 35.8 Å². The van der Waals surface area contributed by atoms with Gasteiger partial charge in [0.25, 0.3) is 0 Å². The number of benzene rings is 1. The molecular weight excluding hydrogens is 250 g/mol. The number of hydrogen-bond acceptors (Lipinski definition) is 4. The van der Waals surface area contributed by atoms with Crippen LogP contribution in [0.1, 0.15) is 37.6 Å². The Kier molecular flexibility index (Phi) is 3.57. The van der Waals surface area contributed by atoms with Crippen molar-refractivity contribution in [3.63, 3.8) is 0 Å². The van der Waals surface area contributed by atoms with E-state index in [1.54, 1.807) is 0 Å². The van der Waals surface area contributed by atoms with Crippen LogP contribution < -0.4 is 5.32 Å². The third-order valence-electron chi connectivity index (χ3n) is 4.39. The molecule has 0 spiro atoms. The van der Waals surface area contributed by atoms with Crippen LogP contribution in [0.25, 0.3) is 11.4 Å². The van der Waals surface area contributed by atoms with Crippen LogP contribution in [0, 0.1) is 6.92 Å². The zero-order valence-electron chi connectivity index (χ0n) is 12.1. The molecule has 0 saturated carbocycles. The largest absolute Gasteiger partial charge is 0.338 e. The number of rotatable bonds is 3. The van der Waals surface area contributed by atoms with Gasteiger partial charge in [-0.05, 0) is 45.3 Å². The first-order valence-electron chi connectivity index (χ1n) is 7.35. The Morgan fingerprint density at radius 1 is 1.30 bits per heavy atom. The summed E-state index contributed by atoms with van der Waals surface area (Å²) in [5.74, 6) is 1.51. The lowest BCUT2D eigenvalue weighted by Crippen LogP contribution is -2.39. The topological polar surface area (TPSA) is 51.0 Å². The van der Waals surface area contributed by atoms with Crippen LogP contribution in [0.15, 0.2) is 28.8 Å². The molecule has 4 heteroatoms. The van der Waals surface area contributed by atoms with Crippen molar-refractivity contribution in [2.24, 2.45) is 0 Å². The Labute approximate surface area is 119 Å². The summed E-state index contributed by atoms with van der Waals surface area (Å²) in [6.07, 6.45) is 3.18. The Balaban J connectivity index is 1.93. The molecule has 0 bridgehead atoms. The number of aryl methyl sites for hydroxylation is 1. The van der Waals surface area contributed by atoms with Gasteiger partial charge in [0.1, 0.15) is 0 Å². The molecule has 0 aliphatic carbocycles. The summed E-state index contributed by atoms with van der Waals surface area (Å²) in [7, 11) is 0. The lowest BCUT2D eigenvalue weighted by Gasteiger charge is -2.33. The number of nitrogens with zero attached hydrogens (tertiary/aromatic N) is 2. The van der Waals surface area contributed by atoms with Crippen molar-refractivity contribution in [2.45, 2.75) is 38.5 Å². The van der Waals surface area contributed by atoms with Crippen LogP contribution in [0.3, 0.4) is 0 Å². The Morgan fingerprint density at radius 3 is 2.80 bits per heavy atom. The SMILES string of the molecule is CCC1(c2nc(-c3cccc(C)c3)no2)CCNCC1. The minimum atomic E-state index is 0.0559. The molecule has 0 radical (unpaired) electrons. The molecule has 0 atom stereocenters. The number of hydrogen-bond donors (Lipinski definition) is 1. The van der Waals surface area contributed by atoms with Crippen LogP contribution >= 0.6 is 0 Å². The zero-order valence-corrected chi connectivity index (χ0v) is 12.1. The summed E-state index contributed by atoms with van der Waals surface area (Å²) in [6.45, 7) is 6.33. The highest BCUT2D eigenvalue weighted by atomic mass is 16.5. The molecule has 4 nitrogen and oxygen atoms in total. The molecule has 0 amide bonds. The molecule has 2 heterocycles. The number of nitrogens with one attached hydrogen (secondary N) is 1. The Bertz CT molecular complexity index is 585. The highest BCUT2D eigenvalue weighted by Gasteiger charge is 2.37. The van der Waals surface area contributed by atoms with E-state index in [0.717, 1.165) is 43.8 Å². The Hall–Kier alpha value is -1.68. The summed E-state index contributed by atoms with van der Waals surface area (Å²) in [4.78, 5) is 4.68. The van der Waals surface area contributed by atoms with Crippen molar-refractivity contribution in [3.05, 3.63) is 35.7 Å². The first kappa shape index (κ1) is 13.3. The van der Waals surface area contributed by atoms with E-state index in [1.807, 2.05) is 12.1 Å². The van der Waals surface area contributed by atoms with Crippen LogP contribution in [0.2, 0.25) is 0 Å². The van der Waals surface area contributed by atoms with Crippen LogP contribution in [0.4, 0.5) is 0 Å². The summed E-state index contributed by atoms with van der Waals surface area (Å²) < 4.78 is 5.60. The fraction of sp³-hybridized carbons (Fsp3) is 0.500. The highest BCUT2D eigenvalue weighted by molar-refractivity contribution is 5.55. The second-order valence-electron chi connectivity index (χ2n) is 5.68. The van der Waals surface area contributed by atoms with Gasteiger partial charge in [0.05, 0.1) is 5.41 Å². The monoisotopic (exact) mass is 271 g/mol. The van der Waals surface area contributed by atoms with Crippen LogP contribution in [-0.4, -0.2) is 23.2 Å². The average molecular weight is 271 g/mol. The second-order valence-corrected chi connectivity index (χ2v) is 5.68. The molecule has 1 aliphatic heterocycles. The van der Waals surface area contributed by atoms with Crippen molar-refractivity contribution >= 4 is 0 Å². The normalized spacial score (nSPS) is 18.1. The predicted octanol–water partition coefficient (Wildman–Crippen LogP) is 3.08. The zero-order chi connectivity index (χ0) is 14.0. The minimum absolute atomic E-state index is 0.0559. The Morgan fingerprint density at radius 2 is 2.10 bits per heavy atom. The lowest BCUT2D eigenvalue weighted by molar-refractivity contribution is 0.216. The minimum Gasteiger partial charge on any atom is -0.338 e. The van der Waals surface area contributed by atoms with E-state index in [0.29, 0.717) is 5.82 Å². The molecular formula is C16H21N3O. The van der Waals surface area contributed by atoms with Gasteiger partial charge in [-0.3, -0.25) is 0 Å². The third-order valence-corrected chi connectivity index (χ3v) is 4.39. The van der Waals surface area contributed by atoms with E-state index in [9.17, 15) is 0 Å². The van der Waals surface area contributed by atoms with Crippen molar-refractivity contribution in [2.75, 3.05) is 13.1 Å². The summed E-state index contributed by atoms with van der Waals surface area (Å²) >= 11 is 0. The maximum Gasteiger partial charge on any atom is 0.233 e. The molecule has 1 aliphatic rings. The molecule has 1 fully saturated rings. The van der Waals surface area contributed by atoms with E-state index in [4.69, 9.17) is 4.52 Å². The van der Waals surface area contributed by atoms with Gasteiger partial charge < -0.3 is 9.84 Å². The molecule has 1 aromatic carbocycles. The number of aromatic nitrogens is 2. The van der Waals surface area contributed by atoms with Crippen molar-refractivity contribution in [1.82, 2.24) is 15.5 Å². The molecule has 0 unspecified atom stereocenters. The molecule has 1 aromatic heterocycles. The lowest BCUT2D eigenvalue weighted by atomic mass is 9.76. The number of piperidine rings is 1. The van der Waals surface area contributed by atoms with Gasteiger partial charge in [0.15, 0.2) is 0 Å². The van der Waals surface area contributed by atoms with Gasteiger partial charge in [-0.2, -0.15) is 4.98 Å². The highest BCUT2D eigenvalue weighted by Crippen LogP contribution is 2.36. The van der Waals surface area contributed by atoms with Crippen molar-refractivity contribution < 1.29 is 4.52 Å². The van der Waals surface area contributed by atoms with E-state index >= 15 is 0 Å². The average Bonchev–Trinajstić information content (AvgIpc) is 2.98. The van der Waals surface area contributed by atoms with Gasteiger partial charge in [-0.15, -0.1) is 0 Å². The summed E-state index contributed by atoms with van der Waals surface area (Å²) in [5.41, 5.74) is 2.29. The third kappa shape index (κ3) is 2.36. The van der Waals surface area contributed by atoms with Crippen molar-refractivity contribution in [3.8, 4) is 11.4 Å². The molecule has 2 aromatic rings. The second kappa shape index (κ2) is 5.37. The van der Waals surface area contributed by atoms with Crippen LogP contribution in [-0.2, 0) is 5.41 Å². The van der Waals surface area contributed by atoms with E-state index in [2.05, 4.69) is 41.4 Å². The first-order chi connectivity index (χ1) is 9.73. The molecule has 20 heavy (non-hydrogen) atoms. The quantitative estimate of drug-likeness (QED) is 0.932. The van der Waals surface area contributed by atoms with Gasteiger partial charge in [-0.25, -0.2) is 0 Å².